The molecule has 0 aliphatic carbocycles. The second kappa shape index (κ2) is 4.76. The third-order valence-electron chi connectivity index (χ3n) is 1.76. The quantitative estimate of drug-likeness (QED) is 0.828. The van der Waals surface area contributed by atoms with Crippen LogP contribution in [0.15, 0.2) is 12.1 Å². The molecule has 0 fully saturated rings. The molecule has 0 aliphatic heterocycles. The SMILES string of the molecule is CC(C)Oc1c(F)cc(CO)cc1C#N. The molecule has 0 atom stereocenters. The van der Waals surface area contributed by atoms with Gasteiger partial charge < -0.3 is 9.84 Å². The van der Waals surface area contributed by atoms with Gasteiger partial charge in [0.1, 0.15) is 6.07 Å². The first-order valence-electron chi connectivity index (χ1n) is 4.58. The molecule has 0 heterocycles. The smallest absolute Gasteiger partial charge is 0.173 e. The highest BCUT2D eigenvalue weighted by Gasteiger charge is 2.13. The van der Waals surface area contributed by atoms with Gasteiger partial charge in [-0.25, -0.2) is 4.39 Å². The van der Waals surface area contributed by atoms with Gasteiger partial charge in [0, 0.05) is 0 Å². The third kappa shape index (κ3) is 2.67. The van der Waals surface area contributed by atoms with Crippen molar-refractivity contribution in [2.24, 2.45) is 0 Å². The summed E-state index contributed by atoms with van der Waals surface area (Å²) in [6.07, 6.45) is -0.202. The number of hydrogen-bond acceptors (Lipinski definition) is 3. The molecule has 0 amide bonds. The maximum Gasteiger partial charge on any atom is 0.173 e. The van der Waals surface area contributed by atoms with E-state index in [4.69, 9.17) is 15.1 Å². The minimum atomic E-state index is -0.619. The molecule has 0 bridgehead atoms. The summed E-state index contributed by atoms with van der Waals surface area (Å²) >= 11 is 0. The Labute approximate surface area is 87.7 Å². The van der Waals surface area contributed by atoms with E-state index in [0.717, 1.165) is 0 Å². The van der Waals surface area contributed by atoms with Crippen molar-refractivity contribution in [1.82, 2.24) is 0 Å². The number of nitrogens with zero attached hydrogens (tertiary/aromatic N) is 1. The average molecular weight is 209 g/mol. The fourth-order valence-electron chi connectivity index (χ4n) is 1.18. The predicted molar refractivity (Wildman–Crippen MR) is 52.8 cm³/mol. The Kier molecular flexibility index (Phi) is 3.64. The van der Waals surface area contributed by atoms with Gasteiger partial charge in [0.05, 0.1) is 18.3 Å². The zero-order valence-corrected chi connectivity index (χ0v) is 8.62. The summed E-state index contributed by atoms with van der Waals surface area (Å²) in [4.78, 5) is 0. The van der Waals surface area contributed by atoms with Crippen LogP contribution < -0.4 is 4.74 Å². The minimum Gasteiger partial charge on any atom is -0.487 e. The number of aliphatic hydroxyl groups excluding tert-OH is 1. The third-order valence-corrected chi connectivity index (χ3v) is 1.76. The first-order chi connectivity index (χ1) is 7.08. The molecular weight excluding hydrogens is 197 g/mol. The molecule has 0 saturated heterocycles. The highest BCUT2D eigenvalue weighted by atomic mass is 19.1. The van der Waals surface area contributed by atoms with Crippen molar-refractivity contribution >= 4 is 0 Å². The number of rotatable bonds is 3. The van der Waals surface area contributed by atoms with Gasteiger partial charge >= 0.3 is 0 Å². The Morgan fingerprint density at radius 1 is 1.53 bits per heavy atom. The Morgan fingerprint density at radius 2 is 2.20 bits per heavy atom. The zero-order chi connectivity index (χ0) is 11.4. The number of ether oxygens (including phenoxy) is 1. The summed E-state index contributed by atoms with van der Waals surface area (Å²) in [6.45, 7) is 3.20. The lowest BCUT2D eigenvalue weighted by Gasteiger charge is -2.12. The van der Waals surface area contributed by atoms with Crippen LogP contribution in [0.4, 0.5) is 4.39 Å². The number of nitriles is 1. The minimum absolute atomic E-state index is 0.0512. The van der Waals surface area contributed by atoms with Crippen LogP contribution in [0.3, 0.4) is 0 Å². The van der Waals surface area contributed by atoms with Crippen molar-refractivity contribution in [3.05, 3.63) is 29.1 Å². The van der Waals surface area contributed by atoms with E-state index in [1.165, 1.54) is 12.1 Å². The normalized spacial score (nSPS) is 10.1. The van der Waals surface area contributed by atoms with Crippen LogP contribution in [0.25, 0.3) is 0 Å². The largest absolute Gasteiger partial charge is 0.487 e. The van der Waals surface area contributed by atoms with Crippen LogP contribution in [0.5, 0.6) is 5.75 Å². The second-order valence-electron chi connectivity index (χ2n) is 3.39. The second-order valence-corrected chi connectivity index (χ2v) is 3.39. The van der Waals surface area contributed by atoms with Crippen LogP contribution in [0.2, 0.25) is 0 Å². The Hall–Kier alpha value is -1.60. The fraction of sp³-hybridized carbons (Fsp3) is 0.364. The van der Waals surface area contributed by atoms with Crippen molar-refractivity contribution in [3.8, 4) is 11.8 Å². The van der Waals surface area contributed by atoms with E-state index in [9.17, 15) is 4.39 Å². The van der Waals surface area contributed by atoms with Crippen LogP contribution in [0.1, 0.15) is 25.0 Å². The highest BCUT2D eigenvalue weighted by molar-refractivity contribution is 5.46. The lowest BCUT2D eigenvalue weighted by atomic mass is 10.1. The Morgan fingerprint density at radius 3 is 2.67 bits per heavy atom. The van der Waals surface area contributed by atoms with E-state index in [0.29, 0.717) is 5.56 Å². The molecule has 0 aromatic heterocycles. The number of benzene rings is 1. The summed E-state index contributed by atoms with van der Waals surface area (Å²) in [6, 6.07) is 4.42. The van der Waals surface area contributed by atoms with Gasteiger partial charge in [0.15, 0.2) is 11.6 Å². The molecule has 1 N–H and O–H groups in total. The summed E-state index contributed by atoms with van der Waals surface area (Å²) in [5.74, 6) is -0.670. The van der Waals surface area contributed by atoms with E-state index in [1.807, 2.05) is 6.07 Å². The van der Waals surface area contributed by atoms with Crippen LogP contribution in [0, 0.1) is 17.1 Å². The van der Waals surface area contributed by atoms with E-state index < -0.39 is 5.82 Å². The van der Waals surface area contributed by atoms with Gasteiger partial charge in [-0.15, -0.1) is 0 Å². The number of aliphatic hydroxyl groups is 1. The Bertz CT molecular complexity index is 396. The molecule has 1 aromatic rings. The first kappa shape index (κ1) is 11.5. The van der Waals surface area contributed by atoms with E-state index in [2.05, 4.69) is 0 Å². The molecule has 15 heavy (non-hydrogen) atoms. The standard InChI is InChI=1S/C11H12FNO2/c1-7(2)15-11-9(5-13)3-8(6-14)4-10(11)12/h3-4,7,14H,6H2,1-2H3. The van der Waals surface area contributed by atoms with Gasteiger partial charge in [-0.3, -0.25) is 0 Å². The van der Waals surface area contributed by atoms with E-state index in [-0.39, 0.29) is 24.0 Å². The molecule has 0 unspecified atom stereocenters. The Balaban J connectivity index is 3.20. The molecule has 3 nitrogen and oxygen atoms in total. The maximum atomic E-state index is 13.5. The summed E-state index contributed by atoms with van der Waals surface area (Å²) < 4.78 is 18.6. The molecule has 80 valence electrons. The van der Waals surface area contributed by atoms with Gasteiger partial charge in [-0.2, -0.15) is 5.26 Å². The summed E-state index contributed by atoms with van der Waals surface area (Å²) in [7, 11) is 0. The van der Waals surface area contributed by atoms with Crippen LogP contribution in [-0.2, 0) is 6.61 Å². The summed E-state index contributed by atoms with van der Waals surface area (Å²) in [5, 5.41) is 17.6. The topological polar surface area (TPSA) is 53.2 Å². The van der Waals surface area contributed by atoms with Gasteiger partial charge in [0.2, 0.25) is 0 Å². The van der Waals surface area contributed by atoms with Crippen molar-refractivity contribution in [2.45, 2.75) is 26.6 Å². The molecule has 0 spiro atoms. The number of halogens is 1. The molecule has 0 radical (unpaired) electrons. The average Bonchev–Trinajstić information content (AvgIpc) is 2.20. The zero-order valence-electron chi connectivity index (χ0n) is 8.62. The lowest BCUT2D eigenvalue weighted by Crippen LogP contribution is -2.09. The van der Waals surface area contributed by atoms with Gasteiger partial charge in [-0.1, -0.05) is 0 Å². The maximum absolute atomic E-state index is 13.5. The van der Waals surface area contributed by atoms with E-state index in [1.54, 1.807) is 13.8 Å². The molecular formula is C11H12FNO2. The van der Waals surface area contributed by atoms with Crippen molar-refractivity contribution in [1.29, 1.82) is 5.26 Å². The van der Waals surface area contributed by atoms with Gasteiger partial charge in [-0.05, 0) is 31.5 Å². The molecule has 0 saturated carbocycles. The van der Waals surface area contributed by atoms with E-state index >= 15 is 0 Å². The van der Waals surface area contributed by atoms with Crippen molar-refractivity contribution in [3.63, 3.8) is 0 Å². The molecule has 1 aromatic carbocycles. The van der Waals surface area contributed by atoms with Crippen molar-refractivity contribution in [2.75, 3.05) is 0 Å². The molecule has 0 aliphatic rings. The van der Waals surface area contributed by atoms with Crippen molar-refractivity contribution < 1.29 is 14.2 Å². The summed E-state index contributed by atoms with van der Waals surface area (Å²) in [5.41, 5.74) is 0.466. The van der Waals surface area contributed by atoms with Crippen LogP contribution in [-0.4, -0.2) is 11.2 Å². The first-order valence-corrected chi connectivity index (χ1v) is 4.58. The molecule has 1 rings (SSSR count). The van der Waals surface area contributed by atoms with Crippen LogP contribution >= 0.6 is 0 Å². The van der Waals surface area contributed by atoms with Gasteiger partial charge in [0.25, 0.3) is 0 Å². The predicted octanol–water partition coefficient (Wildman–Crippen LogP) is 1.98. The highest BCUT2D eigenvalue weighted by Crippen LogP contribution is 2.25. The lowest BCUT2D eigenvalue weighted by molar-refractivity contribution is 0.229. The molecule has 4 heteroatoms. The number of hydrogen-bond donors (Lipinski definition) is 1. The fourth-order valence-corrected chi connectivity index (χ4v) is 1.18. The monoisotopic (exact) mass is 209 g/mol.